The lowest BCUT2D eigenvalue weighted by molar-refractivity contribution is -0.146. The largest absolute Gasteiger partial charge is 0.497 e. The first kappa shape index (κ1) is 18.0. The van der Waals surface area contributed by atoms with Gasteiger partial charge in [-0.25, -0.2) is 0 Å². The summed E-state index contributed by atoms with van der Waals surface area (Å²) in [7, 11) is 1.52. The summed E-state index contributed by atoms with van der Waals surface area (Å²) in [6.07, 6.45) is 0. The van der Waals surface area contributed by atoms with E-state index in [1.807, 2.05) is 0 Å². The standard InChI is InChI=1S/C16H17N3O6/c1-10-7-14(25-19-10)18-13(20)9-24-15(21)8-17-16(22)11-3-5-12(23-2)6-4-11/h3-7H,8-9H2,1-2H3,(H,17,22)(H,18,20). The van der Waals surface area contributed by atoms with Crippen molar-refractivity contribution >= 4 is 23.7 Å². The third-order valence-electron chi connectivity index (χ3n) is 3.00. The van der Waals surface area contributed by atoms with Crippen LogP contribution >= 0.6 is 0 Å². The highest BCUT2D eigenvalue weighted by Gasteiger charge is 2.12. The quantitative estimate of drug-likeness (QED) is 0.714. The van der Waals surface area contributed by atoms with Crippen LogP contribution in [0.4, 0.5) is 5.88 Å². The molecule has 1 aromatic carbocycles. The van der Waals surface area contributed by atoms with Crippen LogP contribution in [0.15, 0.2) is 34.9 Å². The summed E-state index contributed by atoms with van der Waals surface area (Å²) in [6.45, 7) is 0.835. The van der Waals surface area contributed by atoms with Crippen LogP contribution in [-0.2, 0) is 14.3 Å². The molecule has 2 aromatic rings. The van der Waals surface area contributed by atoms with Gasteiger partial charge in [-0.3, -0.25) is 19.7 Å². The zero-order valence-electron chi connectivity index (χ0n) is 13.7. The fraction of sp³-hybridized carbons (Fsp3) is 0.250. The van der Waals surface area contributed by atoms with Gasteiger partial charge in [0, 0.05) is 11.6 Å². The van der Waals surface area contributed by atoms with E-state index in [0.717, 1.165) is 0 Å². The first-order valence-electron chi connectivity index (χ1n) is 7.29. The van der Waals surface area contributed by atoms with Gasteiger partial charge in [0.15, 0.2) is 6.61 Å². The lowest BCUT2D eigenvalue weighted by Crippen LogP contribution is -2.32. The van der Waals surface area contributed by atoms with Gasteiger partial charge in [-0.05, 0) is 31.2 Å². The number of methoxy groups -OCH3 is 1. The fourth-order valence-corrected chi connectivity index (χ4v) is 1.79. The van der Waals surface area contributed by atoms with E-state index in [2.05, 4.69) is 15.8 Å². The molecule has 0 aliphatic rings. The molecule has 0 aliphatic heterocycles. The van der Waals surface area contributed by atoms with E-state index >= 15 is 0 Å². The molecule has 0 radical (unpaired) electrons. The summed E-state index contributed by atoms with van der Waals surface area (Å²) in [5.41, 5.74) is 0.973. The van der Waals surface area contributed by atoms with Crippen molar-refractivity contribution in [1.29, 1.82) is 0 Å². The third kappa shape index (κ3) is 5.65. The summed E-state index contributed by atoms with van der Waals surface area (Å²) >= 11 is 0. The smallest absolute Gasteiger partial charge is 0.325 e. The molecular formula is C16H17N3O6. The summed E-state index contributed by atoms with van der Waals surface area (Å²) in [5.74, 6) is -0.992. The number of aromatic nitrogens is 1. The number of nitrogens with zero attached hydrogens (tertiary/aromatic N) is 1. The average Bonchev–Trinajstić information content (AvgIpc) is 3.02. The minimum absolute atomic E-state index is 0.159. The number of amides is 2. The maximum absolute atomic E-state index is 11.9. The first-order valence-corrected chi connectivity index (χ1v) is 7.29. The van der Waals surface area contributed by atoms with Crippen molar-refractivity contribution in [3.05, 3.63) is 41.6 Å². The molecule has 25 heavy (non-hydrogen) atoms. The van der Waals surface area contributed by atoms with E-state index < -0.39 is 24.4 Å². The highest BCUT2D eigenvalue weighted by Crippen LogP contribution is 2.11. The summed E-state index contributed by atoms with van der Waals surface area (Å²) < 4.78 is 14.5. The van der Waals surface area contributed by atoms with Crippen molar-refractivity contribution in [2.75, 3.05) is 25.6 Å². The molecule has 132 valence electrons. The number of aryl methyl sites for hydroxylation is 1. The normalized spacial score (nSPS) is 10.0. The molecule has 9 nitrogen and oxygen atoms in total. The predicted molar refractivity (Wildman–Crippen MR) is 86.2 cm³/mol. The first-order chi connectivity index (χ1) is 12.0. The Balaban J connectivity index is 1.70. The number of benzene rings is 1. The van der Waals surface area contributed by atoms with E-state index in [0.29, 0.717) is 17.0 Å². The Labute approximate surface area is 143 Å². The number of nitrogens with one attached hydrogen (secondary N) is 2. The summed E-state index contributed by atoms with van der Waals surface area (Å²) in [5, 5.41) is 8.37. The molecule has 2 N–H and O–H groups in total. The van der Waals surface area contributed by atoms with Crippen molar-refractivity contribution in [2.24, 2.45) is 0 Å². The third-order valence-corrected chi connectivity index (χ3v) is 3.00. The highest BCUT2D eigenvalue weighted by atomic mass is 16.5. The Bertz CT molecular complexity index is 753. The lowest BCUT2D eigenvalue weighted by atomic mass is 10.2. The molecule has 1 heterocycles. The Morgan fingerprint density at radius 1 is 1.20 bits per heavy atom. The number of hydrogen-bond donors (Lipinski definition) is 2. The lowest BCUT2D eigenvalue weighted by Gasteiger charge is -2.07. The maximum atomic E-state index is 11.9. The molecule has 9 heteroatoms. The van der Waals surface area contributed by atoms with Crippen LogP contribution in [0.25, 0.3) is 0 Å². The Morgan fingerprint density at radius 3 is 2.52 bits per heavy atom. The molecule has 0 saturated heterocycles. The number of carbonyl (C=O) groups excluding carboxylic acids is 3. The van der Waals surface area contributed by atoms with Gasteiger partial charge in [-0.2, -0.15) is 0 Å². The van der Waals surface area contributed by atoms with Crippen molar-refractivity contribution < 1.29 is 28.4 Å². The van der Waals surface area contributed by atoms with Crippen LogP contribution in [-0.4, -0.2) is 43.2 Å². The monoisotopic (exact) mass is 347 g/mol. The molecule has 0 saturated carbocycles. The summed E-state index contributed by atoms with van der Waals surface area (Å²) in [4.78, 5) is 35.0. The number of hydrogen-bond acceptors (Lipinski definition) is 7. The Kier molecular flexibility index (Phi) is 6.10. The molecule has 2 amide bonds. The second kappa shape index (κ2) is 8.48. The molecule has 1 aromatic heterocycles. The van der Waals surface area contributed by atoms with E-state index in [1.54, 1.807) is 31.2 Å². The van der Waals surface area contributed by atoms with Gasteiger partial charge < -0.3 is 19.3 Å². The predicted octanol–water partition coefficient (Wildman–Crippen LogP) is 0.903. The van der Waals surface area contributed by atoms with Crippen LogP contribution in [0, 0.1) is 6.92 Å². The van der Waals surface area contributed by atoms with Crippen LogP contribution in [0.2, 0.25) is 0 Å². The van der Waals surface area contributed by atoms with Crippen LogP contribution in [0.1, 0.15) is 16.1 Å². The van der Waals surface area contributed by atoms with E-state index in [-0.39, 0.29) is 12.4 Å². The van der Waals surface area contributed by atoms with Crippen LogP contribution in [0.5, 0.6) is 5.75 Å². The number of rotatable bonds is 7. The minimum Gasteiger partial charge on any atom is -0.497 e. The van der Waals surface area contributed by atoms with Crippen molar-refractivity contribution in [3.8, 4) is 5.75 Å². The van der Waals surface area contributed by atoms with Gasteiger partial charge in [0.25, 0.3) is 11.8 Å². The van der Waals surface area contributed by atoms with E-state index in [9.17, 15) is 14.4 Å². The topological polar surface area (TPSA) is 120 Å². The highest BCUT2D eigenvalue weighted by molar-refractivity contribution is 5.96. The number of ether oxygens (including phenoxy) is 2. The van der Waals surface area contributed by atoms with Gasteiger partial charge >= 0.3 is 5.97 Å². The summed E-state index contributed by atoms with van der Waals surface area (Å²) in [6, 6.07) is 7.90. The average molecular weight is 347 g/mol. The van der Waals surface area contributed by atoms with E-state index in [4.69, 9.17) is 14.0 Å². The zero-order chi connectivity index (χ0) is 18.2. The number of carbonyl (C=O) groups is 3. The molecule has 0 spiro atoms. The molecular weight excluding hydrogens is 330 g/mol. The Hall–Kier alpha value is -3.36. The minimum atomic E-state index is -0.745. The fourth-order valence-electron chi connectivity index (χ4n) is 1.79. The SMILES string of the molecule is COc1ccc(C(=O)NCC(=O)OCC(=O)Nc2cc(C)no2)cc1. The van der Waals surface area contributed by atoms with Gasteiger partial charge in [0.1, 0.15) is 12.3 Å². The Morgan fingerprint density at radius 2 is 1.92 bits per heavy atom. The second-order valence-corrected chi connectivity index (χ2v) is 4.95. The van der Waals surface area contributed by atoms with Gasteiger partial charge in [-0.15, -0.1) is 0 Å². The molecule has 0 atom stereocenters. The van der Waals surface area contributed by atoms with Crippen molar-refractivity contribution in [2.45, 2.75) is 6.92 Å². The van der Waals surface area contributed by atoms with Gasteiger partial charge in [0.05, 0.1) is 12.8 Å². The van der Waals surface area contributed by atoms with Gasteiger partial charge in [-0.1, -0.05) is 5.16 Å². The van der Waals surface area contributed by atoms with Crippen LogP contribution in [0.3, 0.4) is 0 Å². The molecule has 0 unspecified atom stereocenters. The number of esters is 1. The van der Waals surface area contributed by atoms with E-state index in [1.165, 1.54) is 13.2 Å². The second-order valence-electron chi connectivity index (χ2n) is 4.95. The zero-order valence-corrected chi connectivity index (χ0v) is 13.7. The van der Waals surface area contributed by atoms with Crippen molar-refractivity contribution in [1.82, 2.24) is 10.5 Å². The maximum Gasteiger partial charge on any atom is 0.325 e. The molecule has 0 aliphatic carbocycles. The van der Waals surface area contributed by atoms with Crippen LogP contribution < -0.4 is 15.4 Å². The number of anilines is 1. The van der Waals surface area contributed by atoms with Crippen molar-refractivity contribution in [3.63, 3.8) is 0 Å². The molecule has 0 bridgehead atoms. The molecule has 0 fully saturated rings. The molecule has 2 rings (SSSR count). The van der Waals surface area contributed by atoms with Gasteiger partial charge in [0.2, 0.25) is 5.88 Å².